The molecule has 1 unspecified atom stereocenters. The molecule has 0 rings (SSSR count). The van der Waals surface area contributed by atoms with Crippen LogP contribution in [0.4, 0.5) is 0 Å². The van der Waals surface area contributed by atoms with Crippen LogP contribution in [0.2, 0.25) is 0 Å². The number of amides is 1. The fourth-order valence-corrected chi connectivity index (χ4v) is 0.976. The lowest BCUT2D eigenvalue weighted by Crippen LogP contribution is -2.41. The smallest absolute Gasteiger partial charge is 0.328 e. The number of carbonyl (C=O) groups is 2. The van der Waals surface area contributed by atoms with E-state index in [0.29, 0.717) is 12.8 Å². The lowest BCUT2D eigenvalue weighted by molar-refractivity contribution is -0.145. The van der Waals surface area contributed by atoms with Crippen molar-refractivity contribution in [2.45, 2.75) is 39.2 Å². The second-order valence-electron chi connectivity index (χ2n) is 2.79. The zero-order valence-electron chi connectivity index (χ0n) is 8.42. The maximum atomic E-state index is 11.1. The number of esters is 1. The van der Waals surface area contributed by atoms with Crippen molar-refractivity contribution < 1.29 is 14.3 Å². The molecule has 1 atom stereocenters. The molecule has 0 heterocycles. The van der Waals surface area contributed by atoms with Crippen LogP contribution in [0.15, 0.2) is 0 Å². The summed E-state index contributed by atoms with van der Waals surface area (Å²) in [6.45, 7) is 3.70. The summed E-state index contributed by atoms with van der Waals surface area (Å²) in [6, 6.07) is -0.484. The summed E-state index contributed by atoms with van der Waals surface area (Å²) < 4.78 is 4.56. The maximum Gasteiger partial charge on any atom is 0.328 e. The van der Waals surface area contributed by atoms with Crippen molar-refractivity contribution in [3.8, 4) is 0 Å². The van der Waals surface area contributed by atoms with Gasteiger partial charge in [-0.15, -0.1) is 0 Å². The molecule has 0 spiro atoms. The van der Waals surface area contributed by atoms with Crippen molar-refractivity contribution in [2.24, 2.45) is 0 Å². The molecular formula is C9H17NO3. The summed E-state index contributed by atoms with van der Waals surface area (Å²) in [6.07, 6.45) is 1.85. The third kappa shape index (κ3) is 4.50. The summed E-state index contributed by atoms with van der Waals surface area (Å²) in [5.41, 5.74) is 0. The highest BCUT2D eigenvalue weighted by molar-refractivity contribution is 5.84. The van der Waals surface area contributed by atoms with E-state index in [1.807, 2.05) is 6.92 Å². The predicted molar refractivity (Wildman–Crippen MR) is 49.1 cm³/mol. The van der Waals surface area contributed by atoms with Crippen molar-refractivity contribution in [3.05, 3.63) is 0 Å². The Hall–Kier alpha value is -1.06. The molecule has 4 heteroatoms. The molecule has 0 aliphatic rings. The van der Waals surface area contributed by atoms with E-state index in [1.54, 1.807) is 6.92 Å². The van der Waals surface area contributed by atoms with Gasteiger partial charge in [-0.05, 0) is 6.42 Å². The van der Waals surface area contributed by atoms with Gasteiger partial charge in [0.1, 0.15) is 6.04 Å². The first kappa shape index (κ1) is 11.9. The van der Waals surface area contributed by atoms with Gasteiger partial charge >= 0.3 is 5.97 Å². The van der Waals surface area contributed by atoms with Gasteiger partial charge in [-0.2, -0.15) is 0 Å². The molecule has 0 aliphatic heterocycles. The van der Waals surface area contributed by atoms with Crippen molar-refractivity contribution in [1.29, 1.82) is 0 Å². The molecule has 0 aromatic carbocycles. The number of hydrogen-bond donors (Lipinski definition) is 1. The molecule has 4 nitrogen and oxygen atoms in total. The van der Waals surface area contributed by atoms with Gasteiger partial charge in [0.15, 0.2) is 0 Å². The molecule has 0 saturated heterocycles. The predicted octanol–water partition coefficient (Wildman–Crippen LogP) is 0.854. The average Bonchev–Trinajstić information content (AvgIpc) is 2.15. The van der Waals surface area contributed by atoms with Crippen LogP contribution in [-0.2, 0) is 14.3 Å². The molecular weight excluding hydrogens is 170 g/mol. The van der Waals surface area contributed by atoms with E-state index in [0.717, 1.165) is 6.42 Å². The van der Waals surface area contributed by atoms with Gasteiger partial charge in [-0.1, -0.05) is 20.3 Å². The quantitative estimate of drug-likeness (QED) is 0.649. The summed E-state index contributed by atoms with van der Waals surface area (Å²) in [5.74, 6) is -0.493. The standard InChI is InChI=1S/C9H17NO3/c1-4-6-7(9(12)13-3)10-8(11)5-2/h7H,4-6H2,1-3H3,(H,10,11). The van der Waals surface area contributed by atoms with Crippen LogP contribution in [0.25, 0.3) is 0 Å². The minimum Gasteiger partial charge on any atom is -0.467 e. The van der Waals surface area contributed by atoms with Gasteiger partial charge in [-0.25, -0.2) is 4.79 Å². The molecule has 0 aromatic rings. The third-order valence-corrected chi connectivity index (χ3v) is 1.72. The summed E-state index contributed by atoms with van der Waals surface area (Å²) >= 11 is 0. The Labute approximate surface area is 78.6 Å². The average molecular weight is 187 g/mol. The van der Waals surface area contributed by atoms with E-state index in [4.69, 9.17) is 0 Å². The monoisotopic (exact) mass is 187 g/mol. The summed E-state index contributed by atoms with van der Waals surface area (Å²) in [4.78, 5) is 22.1. The Morgan fingerprint density at radius 2 is 2.00 bits per heavy atom. The van der Waals surface area contributed by atoms with Gasteiger partial charge in [0.25, 0.3) is 0 Å². The lowest BCUT2D eigenvalue weighted by Gasteiger charge is -2.14. The first-order valence-electron chi connectivity index (χ1n) is 4.52. The minimum atomic E-state index is -0.484. The van der Waals surface area contributed by atoms with Gasteiger partial charge in [0, 0.05) is 6.42 Å². The highest BCUT2D eigenvalue weighted by Gasteiger charge is 2.19. The molecule has 0 bridgehead atoms. The molecule has 1 amide bonds. The van der Waals surface area contributed by atoms with E-state index in [1.165, 1.54) is 7.11 Å². The van der Waals surface area contributed by atoms with Crippen LogP contribution in [0.1, 0.15) is 33.1 Å². The topological polar surface area (TPSA) is 55.4 Å². The number of carbonyl (C=O) groups excluding carboxylic acids is 2. The highest BCUT2D eigenvalue weighted by atomic mass is 16.5. The number of hydrogen-bond acceptors (Lipinski definition) is 3. The first-order valence-corrected chi connectivity index (χ1v) is 4.52. The maximum absolute atomic E-state index is 11.1. The van der Waals surface area contributed by atoms with E-state index in [-0.39, 0.29) is 11.9 Å². The van der Waals surface area contributed by atoms with Crippen LogP contribution in [0.3, 0.4) is 0 Å². The van der Waals surface area contributed by atoms with Crippen molar-refractivity contribution in [2.75, 3.05) is 7.11 Å². The lowest BCUT2D eigenvalue weighted by atomic mass is 10.1. The molecule has 0 saturated carbocycles. The van der Waals surface area contributed by atoms with E-state index in [9.17, 15) is 9.59 Å². The van der Waals surface area contributed by atoms with Crippen LogP contribution < -0.4 is 5.32 Å². The Balaban J connectivity index is 4.08. The zero-order valence-corrected chi connectivity index (χ0v) is 8.42. The summed E-state index contributed by atoms with van der Waals surface area (Å²) in [5, 5.41) is 2.60. The second kappa shape index (κ2) is 6.46. The van der Waals surface area contributed by atoms with Crippen LogP contribution in [0.5, 0.6) is 0 Å². The Bertz CT molecular complexity index is 180. The normalized spacial score (nSPS) is 11.9. The van der Waals surface area contributed by atoms with Crippen LogP contribution in [-0.4, -0.2) is 25.0 Å². The molecule has 76 valence electrons. The fourth-order valence-electron chi connectivity index (χ4n) is 0.976. The number of methoxy groups -OCH3 is 1. The van der Waals surface area contributed by atoms with E-state index >= 15 is 0 Å². The van der Waals surface area contributed by atoms with Gasteiger partial charge in [0.05, 0.1) is 7.11 Å². The fraction of sp³-hybridized carbons (Fsp3) is 0.778. The summed E-state index contributed by atoms with van der Waals surface area (Å²) in [7, 11) is 1.32. The Morgan fingerprint density at radius 1 is 1.38 bits per heavy atom. The van der Waals surface area contributed by atoms with Gasteiger partial charge < -0.3 is 10.1 Å². The van der Waals surface area contributed by atoms with Crippen molar-refractivity contribution in [1.82, 2.24) is 5.32 Å². The van der Waals surface area contributed by atoms with Gasteiger partial charge in [0.2, 0.25) is 5.91 Å². The molecule has 0 fully saturated rings. The number of nitrogens with one attached hydrogen (secondary N) is 1. The van der Waals surface area contributed by atoms with E-state index in [2.05, 4.69) is 10.1 Å². The SMILES string of the molecule is CCCC(NC(=O)CC)C(=O)OC. The Morgan fingerprint density at radius 3 is 2.38 bits per heavy atom. The van der Waals surface area contributed by atoms with Crippen molar-refractivity contribution in [3.63, 3.8) is 0 Å². The first-order chi connectivity index (χ1) is 6.15. The van der Waals surface area contributed by atoms with Gasteiger partial charge in [-0.3, -0.25) is 4.79 Å². The van der Waals surface area contributed by atoms with Crippen molar-refractivity contribution >= 4 is 11.9 Å². The number of ether oxygens (including phenoxy) is 1. The highest BCUT2D eigenvalue weighted by Crippen LogP contribution is 1.99. The largest absolute Gasteiger partial charge is 0.467 e. The van der Waals surface area contributed by atoms with Crippen LogP contribution in [0, 0.1) is 0 Å². The minimum absolute atomic E-state index is 0.121. The molecule has 1 N–H and O–H groups in total. The van der Waals surface area contributed by atoms with Crippen LogP contribution >= 0.6 is 0 Å². The zero-order chi connectivity index (χ0) is 10.3. The number of rotatable bonds is 5. The molecule has 0 aliphatic carbocycles. The molecule has 13 heavy (non-hydrogen) atoms. The Kier molecular flexibility index (Phi) is 5.93. The van der Waals surface area contributed by atoms with E-state index < -0.39 is 6.04 Å². The molecule has 0 aromatic heterocycles. The molecule has 0 radical (unpaired) electrons. The second-order valence-corrected chi connectivity index (χ2v) is 2.79. The third-order valence-electron chi connectivity index (χ3n) is 1.72.